The van der Waals surface area contributed by atoms with Crippen LogP contribution in [0.1, 0.15) is 18.4 Å². The van der Waals surface area contributed by atoms with Gasteiger partial charge in [-0.15, -0.1) is 0 Å². The zero-order valence-electron chi connectivity index (χ0n) is 10.2. The van der Waals surface area contributed by atoms with Crippen molar-refractivity contribution in [3.05, 3.63) is 35.9 Å². The molecule has 18 heavy (non-hydrogen) atoms. The van der Waals surface area contributed by atoms with Gasteiger partial charge < -0.3 is 10.1 Å². The number of ether oxygens (including phenoxy) is 1. The molecule has 1 atom stereocenters. The Kier molecular flexibility index (Phi) is 4.47. The molecule has 1 amide bonds. The third-order valence-electron chi connectivity index (χ3n) is 2.98. The average Bonchev–Trinajstić information content (AvgIpc) is 2.90. The molecule has 1 aromatic rings. The van der Waals surface area contributed by atoms with E-state index in [4.69, 9.17) is 4.74 Å². The number of benzene rings is 1. The Morgan fingerprint density at radius 2 is 2.06 bits per heavy atom. The summed E-state index contributed by atoms with van der Waals surface area (Å²) in [4.78, 5) is 23.3. The molecule has 1 aromatic carbocycles. The highest BCUT2D eigenvalue weighted by Crippen LogP contribution is 2.10. The average molecular weight is 247 g/mol. The molecule has 0 aliphatic carbocycles. The molecule has 1 N–H and O–H groups in total. The second-order valence-electron chi connectivity index (χ2n) is 4.43. The van der Waals surface area contributed by atoms with Crippen molar-refractivity contribution in [1.82, 2.24) is 5.32 Å². The molecule has 1 aliphatic heterocycles. The van der Waals surface area contributed by atoms with Crippen LogP contribution in [0.3, 0.4) is 0 Å². The van der Waals surface area contributed by atoms with Crippen molar-refractivity contribution in [2.75, 3.05) is 13.2 Å². The number of ketones is 1. The van der Waals surface area contributed by atoms with Gasteiger partial charge in [-0.05, 0) is 18.4 Å². The van der Waals surface area contributed by atoms with Gasteiger partial charge in [-0.3, -0.25) is 9.59 Å². The molecular weight excluding hydrogens is 230 g/mol. The summed E-state index contributed by atoms with van der Waals surface area (Å²) < 4.78 is 5.38. The highest BCUT2D eigenvalue weighted by molar-refractivity contribution is 6.36. The van der Waals surface area contributed by atoms with Crippen molar-refractivity contribution in [2.45, 2.75) is 25.4 Å². The van der Waals surface area contributed by atoms with Gasteiger partial charge in [0.25, 0.3) is 5.91 Å². The van der Waals surface area contributed by atoms with Crippen LogP contribution >= 0.6 is 0 Å². The van der Waals surface area contributed by atoms with Crippen molar-refractivity contribution < 1.29 is 14.3 Å². The number of Topliss-reactive ketones (excluding diaryl/α,β-unsaturated/α-hetero) is 1. The Balaban J connectivity index is 1.76. The smallest absolute Gasteiger partial charge is 0.287 e. The molecule has 0 bridgehead atoms. The van der Waals surface area contributed by atoms with Gasteiger partial charge in [0.2, 0.25) is 5.78 Å². The molecule has 0 aromatic heterocycles. The lowest BCUT2D eigenvalue weighted by Gasteiger charge is -2.10. The summed E-state index contributed by atoms with van der Waals surface area (Å²) >= 11 is 0. The number of hydrogen-bond donors (Lipinski definition) is 1. The zero-order chi connectivity index (χ0) is 12.8. The van der Waals surface area contributed by atoms with E-state index in [2.05, 4.69) is 5.32 Å². The first kappa shape index (κ1) is 12.8. The van der Waals surface area contributed by atoms with Gasteiger partial charge >= 0.3 is 0 Å². The van der Waals surface area contributed by atoms with Gasteiger partial charge in [-0.25, -0.2) is 0 Å². The van der Waals surface area contributed by atoms with Crippen molar-refractivity contribution in [3.8, 4) is 0 Å². The maximum atomic E-state index is 11.7. The summed E-state index contributed by atoms with van der Waals surface area (Å²) in [5.41, 5.74) is 0.856. The number of carbonyl (C=O) groups is 2. The van der Waals surface area contributed by atoms with Gasteiger partial charge in [-0.2, -0.15) is 0 Å². The van der Waals surface area contributed by atoms with E-state index in [1.54, 1.807) is 0 Å². The molecule has 4 heteroatoms. The van der Waals surface area contributed by atoms with Crippen LogP contribution in [0.5, 0.6) is 0 Å². The third-order valence-corrected chi connectivity index (χ3v) is 2.98. The predicted molar refractivity (Wildman–Crippen MR) is 67.1 cm³/mol. The second kappa shape index (κ2) is 6.31. The van der Waals surface area contributed by atoms with Crippen LogP contribution in [0.15, 0.2) is 30.3 Å². The molecule has 1 heterocycles. The largest absolute Gasteiger partial charge is 0.376 e. The Morgan fingerprint density at radius 3 is 2.72 bits per heavy atom. The fraction of sp³-hybridized carbons (Fsp3) is 0.429. The zero-order valence-corrected chi connectivity index (χ0v) is 10.2. The van der Waals surface area contributed by atoms with Gasteiger partial charge in [0.15, 0.2) is 0 Å². The van der Waals surface area contributed by atoms with Gasteiger partial charge in [0.05, 0.1) is 6.10 Å². The monoisotopic (exact) mass is 247 g/mol. The van der Waals surface area contributed by atoms with E-state index in [1.165, 1.54) is 0 Å². The molecule has 0 saturated carbocycles. The molecule has 1 unspecified atom stereocenters. The van der Waals surface area contributed by atoms with Crippen molar-refractivity contribution in [1.29, 1.82) is 0 Å². The lowest BCUT2D eigenvalue weighted by atomic mass is 10.1. The van der Waals surface area contributed by atoms with Crippen LogP contribution in [-0.4, -0.2) is 30.9 Å². The highest BCUT2D eigenvalue weighted by atomic mass is 16.5. The van der Waals surface area contributed by atoms with Crippen LogP contribution in [0, 0.1) is 0 Å². The number of rotatable bonds is 5. The minimum atomic E-state index is -0.519. The summed E-state index contributed by atoms with van der Waals surface area (Å²) in [6.45, 7) is 1.18. The molecule has 1 aliphatic rings. The Labute approximate surface area is 106 Å². The van der Waals surface area contributed by atoms with E-state index in [1.807, 2.05) is 30.3 Å². The molecule has 0 radical (unpaired) electrons. The maximum absolute atomic E-state index is 11.7. The summed E-state index contributed by atoms with van der Waals surface area (Å²) in [5, 5.41) is 2.63. The lowest BCUT2D eigenvalue weighted by molar-refractivity contribution is -0.137. The van der Waals surface area contributed by atoms with E-state index >= 15 is 0 Å². The van der Waals surface area contributed by atoms with E-state index in [9.17, 15) is 9.59 Å². The topological polar surface area (TPSA) is 55.4 Å². The minimum Gasteiger partial charge on any atom is -0.376 e. The summed E-state index contributed by atoms with van der Waals surface area (Å²) in [6.07, 6.45) is 2.20. The quantitative estimate of drug-likeness (QED) is 0.792. The van der Waals surface area contributed by atoms with Crippen LogP contribution in [0.4, 0.5) is 0 Å². The molecule has 1 saturated heterocycles. The maximum Gasteiger partial charge on any atom is 0.287 e. The lowest BCUT2D eigenvalue weighted by Crippen LogP contribution is -2.37. The Morgan fingerprint density at radius 1 is 1.28 bits per heavy atom. The molecule has 96 valence electrons. The Hall–Kier alpha value is -1.68. The number of carbonyl (C=O) groups excluding carboxylic acids is 2. The van der Waals surface area contributed by atoms with Gasteiger partial charge in [0.1, 0.15) is 0 Å². The number of amides is 1. The normalized spacial score (nSPS) is 18.6. The SMILES string of the molecule is O=C(Cc1ccccc1)C(=O)NCC1CCCO1. The van der Waals surface area contributed by atoms with E-state index in [-0.39, 0.29) is 12.5 Å². The third kappa shape index (κ3) is 3.67. The van der Waals surface area contributed by atoms with Crippen molar-refractivity contribution in [3.63, 3.8) is 0 Å². The first-order valence-electron chi connectivity index (χ1n) is 6.22. The second-order valence-corrected chi connectivity index (χ2v) is 4.43. The fourth-order valence-electron chi connectivity index (χ4n) is 1.97. The first-order chi connectivity index (χ1) is 8.75. The predicted octanol–water partition coefficient (Wildman–Crippen LogP) is 1.09. The highest BCUT2D eigenvalue weighted by Gasteiger charge is 2.19. The van der Waals surface area contributed by atoms with E-state index in [0.29, 0.717) is 6.54 Å². The summed E-state index contributed by atoms with van der Waals surface area (Å²) in [5.74, 6) is -0.923. The van der Waals surface area contributed by atoms with Crippen molar-refractivity contribution >= 4 is 11.7 Å². The van der Waals surface area contributed by atoms with E-state index in [0.717, 1.165) is 25.0 Å². The van der Waals surface area contributed by atoms with Crippen LogP contribution in [-0.2, 0) is 20.7 Å². The van der Waals surface area contributed by atoms with Crippen LogP contribution in [0.25, 0.3) is 0 Å². The Bertz CT molecular complexity index is 410. The molecule has 0 spiro atoms. The molecule has 2 rings (SSSR count). The molecule has 4 nitrogen and oxygen atoms in total. The number of hydrogen-bond acceptors (Lipinski definition) is 3. The van der Waals surface area contributed by atoms with Crippen LogP contribution < -0.4 is 5.32 Å². The minimum absolute atomic E-state index is 0.0680. The van der Waals surface area contributed by atoms with E-state index < -0.39 is 11.7 Å². The first-order valence-corrected chi connectivity index (χ1v) is 6.22. The summed E-state index contributed by atoms with van der Waals surface area (Å²) in [7, 11) is 0. The number of nitrogens with one attached hydrogen (secondary N) is 1. The van der Waals surface area contributed by atoms with Gasteiger partial charge in [-0.1, -0.05) is 30.3 Å². The summed E-state index contributed by atoms with van der Waals surface area (Å²) in [6, 6.07) is 9.27. The molecule has 1 fully saturated rings. The molecular formula is C14H17NO3. The van der Waals surface area contributed by atoms with Crippen LogP contribution in [0.2, 0.25) is 0 Å². The standard InChI is InChI=1S/C14H17NO3/c16-13(9-11-5-2-1-3-6-11)14(17)15-10-12-7-4-8-18-12/h1-3,5-6,12H,4,7-10H2,(H,15,17). The van der Waals surface area contributed by atoms with Gasteiger partial charge in [0, 0.05) is 19.6 Å². The fourth-order valence-corrected chi connectivity index (χ4v) is 1.97. The van der Waals surface area contributed by atoms with Crippen molar-refractivity contribution in [2.24, 2.45) is 0 Å².